The molecule has 2 aromatic carbocycles. The lowest BCUT2D eigenvalue weighted by molar-refractivity contribution is 0.772. The number of hydrogen-bond acceptors (Lipinski definition) is 5. The third kappa shape index (κ3) is 3.96. The number of rotatable bonds is 5. The lowest BCUT2D eigenvalue weighted by atomic mass is 9.98. The maximum atomic E-state index is 14.3. The number of nitrogens with one attached hydrogen (secondary N) is 2. The predicted molar refractivity (Wildman–Crippen MR) is 150 cm³/mol. The van der Waals surface area contributed by atoms with E-state index in [2.05, 4.69) is 30.1 Å². The van der Waals surface area contributed by atoms with Crippen LogP contribution in [0.1, 0.15) is 24.5 Å². The Labute approximate surface area is 218 Å². The van der Waals surface area contributed by atoms with Gasteiger partial charge in [-0.25, -0.2) is 14.8 Å². The van der Waals surface area contributed by atoms with Crippen LogP contribution in [0.3, 0.4) is 0 Å². The van der Waals surface area contributed by atoms with Crippen LogP contribution >= 0.6 is 0 Å². The molecule has 6 aromatic rings. The second kappa shape index (κ2) is 9.30. The van der Waals surface area contributed by atoms with E-state index in [-0.39, 0.29) is 11.6 Å². The molecule has 184 valence electrons. The highest BCUT2D eigenvalue weighted by molar-refractivity contribution is 5.98. The Morgan fingerprint density at radius 3 is 2.66 bits per heavy atom. The Hall–Kier alpha value is -5.29. The molecule has 4 aromatic heterocycles. The number of nitrogens with zero attached hydrogens (tertiary/aromatic N) is 5. The molecular formula is C30H23N7O. The number of benzene rings is 2. The fraction of sp³-hybridized carbons (Fsp3) is 0.100. The molecule has 0 aliphatic carbocycles. The summed E-state index contributed by atoms with van der Waals surface area (Å²) in [5.74, 6) is 0.996. The average Bonchev–Trinajstić information content (AvgIpc) is 3.41. The standard InChI is InChI=1S/C30H23N7O/c1-18(35-29-25(31-3)17-33-19(2)36-29)26-15-20-8-7-11-24(22-14-21-12-13-32-28(21)34-16-22)27(20)30(38)37(26)23-9-5-4-6-10-23/h4-18H,1-2H3,(H,32,34)(H,33,35,36)/t18-/m0/s1. The summed E-state index contributed by atoms with van der Waals surface area (Å²) in [4.78, 5) is 34.1. The van der Waals surface area contributed by atoms with Gasteiger partial charge in [0.25, 0.3) is 5.56 Å². The van der Waals surface area contributed by atoms with Crippen molar-refractivity contribution < 1.29 is 0 Å². The van der Waals surface area contributed by atoms with Crippen molar-refractivity contribution in [2.24, 2.45) is 0 Å². The minimum atomic E-state index is -0.344. The number of aryl methyl sites for hydroxylation is 1. The van der Waals surface area contributed by atoms with Crippen LogP contribution in [0.4, 0.5) is 11.5 Å². The van der Waals surface area contributed by atoms with Gasteiger partial charge in [-0.2, -0.15) is 0 Å². The molecule has 0 unspecified atom stereocenters. The second-order valence-corrected chi connectivity index (χ2v) is 9.08. The monoisotopic (exact) mass is 497 g/mol. The lowest BCUT2D eigenvalue weighted by Gasteiger charge is -2.22. The first-order valence-electron chi connectivity index (χ1n) is 12.2. The highest BCUT2D eigenvalue weighted by Gasteiger charge is 2.20. The normalized spacial score (nSPS) is 11.9. The summed E-state index contributed by atoms with van der Waals surface area (Å²) < 4.78 is 1.73. The topological polar surface area (TPSA) is 92.8 Å². The number of pyridine rings is 2. The van der Waals surface area contributed by atoms with E-state index in [1.54, 1.807) is 17.7 Å². The van der Waals surface area contributed by atoms with Gasteiger partial charge >= 0.3 is 0 Å². The molecule has 1 atom stereocenters. The Bertz CT molecular complexity index is 1920. The number of anilines is 1. The first kappa shape index (κ1) is 23.1. The molecule has 8 nitrogen and oxygen atoms in total. The number of hydrogen-bond donors (Lipinski definition) is 2. The molecule has 0 aliphatic heterocycles. The van der Waals surface area contributed by atoms with Gasteiger partial charge in [0, 0.05) is 40.9 Å². The van der Waals surface area contributed by atoms with Crippen LogP contribution in [0.2, 0.25) is 0 Å². The van der Waals surface area contributed by atoms with Crippen molar-refractivity contribution in [3.05, 3.63) is 119 Å². The van der Waals surface area contributed by atoms with Crippen molar-refractivity contribution in [1.29, 1.82) is 0 Å². The first-order valence-corrected chi connectivity index (χ1v) is 12.2. The van der Waals surface area contributed by atoms with Crippen LogP contribution in [0.15, 0.2) is 90.1 Å². The second-order valence-electron chi connectivity index (χ2n) is 9.08. The van der Waals surface area contributed by atoms with E-state index in [9.17, 15) is 4.79 Å². The van der Waals surface area contributed by atoms with E-state index < -0.39 is 0 Å². The summed E-state index contributed by atoms with van der Waals surface area (Å²) in [6.07, 6.45) is 5.16. The Morgan fingerprint density at radius 1 is 1.00 bits per heavy atom. The summed E-state index contributed by atoms with van der Waals surface area (Å²) in [5.41, 5.74) is 4.19. The highest BCUT2D eigenvalue weighted by atomic mass is 16.1. The Kier molecular flexibility index (Phi) is 5.66. The van der Waals surface area contributed by atoms with Gasteiger partial charge in [-0.15, -0.1) is 0 Å². The van der Waals surface area contributed by atoms with Crippen LogP contribution < -0.4 is 10.9 Å². The maximum absolute atomic E-state index is 14.3. The minimum absolute atomic E-state index is 0.133. The van der Waals surface area contributed by atoms with Gasteiger partial charge in [0.15, 0.2) is 0 Å². The number of aromatic nitrogens is 5. The van der Waals surface area contributed by atoms with Crippen molar-refractivity contribution in [1.82, 2.24) is 24.5 Å². The smallest absolute Gasteiger partial charge is 0.263 e. The summed E-state index contributed by atoms with van der Waals surface area (Å²) in [6.45, 7) is 11.2. The molecule has 2 N–H and O–H groups in total. The number of para-hydroxylation sites is 1. The zero-order valence-electron chi connectivity index (χ0n) is 20.8. The van der Waals surface area contributed by atoms with Crippen LogP contribution in [-0.2, 0) is 0 Å². The number of fused-ring (bicyclic) bond motifs is 2. The SMILES string of the molecule is [C-]#[N+]c1cnc(C)nc1N[C@@H](C)c1cc2cccc(-c3cnc4[nH]ccc4c3)c2c(=O)n1-c1ccccc1. The third-order valence-electron chi connectivity index (χ3n) is 6.61. The van der Waals surface area contributed by atoms with E-state index in [0.717, 1.165) is 38.9 Å². The van der Waals surface area contributed by atoms with Gasteiger partial charge in [-0.3, -0.25) is 14.3 Å². The summed E-state index contributed by atoms with van der Waals surface area (Å²) in [7, 11) is 0. The molecule has 0 aliphatic rings. The van der Waals surface area contributed by atoms with Crippen LogP contribution in [0.25, 0.3) is 43.5 Å². The molecule has 8 heteroatoms. The fourth-order valence-corrected chi connectivity index (χ4v) is 4.80. The zero-order valence-corrected chi connectivity index (χ0v) is 20.8. The Morgan fingerprint density at radius 2 is 1.84 bits per heavy atom. The Balaban J connectivity index is 1.58. The summed E-state index contributed by atoms with van der Waals surface area (Å²) >= 11 is 0. The molecule has 0 amide bonds. The molecule has 0 fully saturated rings. The maximum Gasteiger partial charge on any atom is 0.263 e. The van der Waals surface area contributed by atoms with Crippen molar-refractivity contribution >= 4 is 33.3 Å². The van der Waals surface area contributed by atoms with E-state index in [1.807, 2.05) is 79.9 Å². The van der Waals surface area contributed by atoms with Gasteiger partial charge in [-0.1, -0.05) is 36.4 Å². The molecule has 4 heterocycles. The third-order valence-corrected chi connectivity index (χ3v) is 6.61. The molecule has 0 bridgehead atoms. The van der Waals surface area contributed by atoms with Gasteiger partial charge in [-0.05, 0) is 55.1 Å². The lowest BCUT2D eigenvalue weighted by Crippen LogP contribution is -2.26. The average molecular weight is 498 g/mol. The first-order chi connectivity index (χ1) is 18.5. The fourth-order valence-electron chi connectivity index (χ4n) is 4.80. The number of aromatic amines is 1. The van der Waals surface area contributed by atoms with Crippen LogP contribution in [-0.4, -0.2) is 24.5 Å². The van der Waals surface area contributed by atoms with E-state index in [4.69, 9.17) is 6.57 Å². The van der Waals surface area contributed by atoms with Gasteiger partial charge in [0.2, 0.25) is 5.69 Å². The molecule has 0 saturated heterocycles. The molecule has 0 spiro atoms. The molecule has 6 rings (SSSR count). The molecule has 38 heavy (non-hydrogen) atoms. The van der Waals surface area contributed by atoms with Crippen LogP contribution in [0.5, 0.6) is 0 Å². The van der Waals surface area contributed by atoms with Crippen LogP contribution in [0, 0.1) is 13.5 Å². The van der Waals surface area contributed by atoms with Crippen molar-refractivity contribution in [2.75, 3.05) is 5.32 Å². The molecular weight excluding hydrogens is 474 g/mol. The molecule has 0 saturated carbocycles. The minimum Gasteiger partial charge on any atom is -0.371 e. The van der Waals surface area contributed by atoms with Gasteiger partial charge in [0.05, 0.1) is 18.0 Å². The van der Waals surface area contributed by atoms with Gasteiger partial charge < -0.3 is 10.3 Å². The summed E-state index contributed by atoms with van der Waals surface area (Å²) in [5, 5.41) is 5.76. The predicted octanol–water partition coefficient (Wildman–Crippen LogP) is 6.36. The van der Waals surface area contributed by atoms with Crippen molar-refractivity contribution in [3.8, 4) is 16.8 Å². The zero-order chi connectivity index (χ0) is 26.2. The van der Waals surface area contributed by atoms with E-state index in [1.165, 1.54) is 6.20 Å². The van der Waals surface area contributed by atoms with Gasteiger partial charge in [0.1, 0.15) is 17.3 Å². The highest BCUT2D eigenvalue weighted by Crippen LogP contribution is 2.32. The summed E-state index contributed by atoms with van der Waals surface area (Å²) in [6, 6.07) is 21.1. The van der Waals surface area contributed by atoms with Crippen molar-refractivity contribution in [3.63, 3.8) is 0 Å². The van der Waals surface area contributed by atoms with E-state index >= 15 is 0 Å². The largest absolute Gasteiger partial charge is 0.371 e. The quantitative estimate of drug-likeness (QED) is 0.271. The number of H-pyrrole nitrogens is 1. The van der Waals surface area contributed by atoms with E-state index in [0.29, 0.717) is 22.7 Å². The van der Waals surface area contributed by atoms with Crippen molar-refractivity contribution in [2.45, 2.75) is 19.9 Å². The molecule has 0 radical (unpaired) electrons.